The van der Waals surface area contributed by atoms with E-state index in [1.54, 1.807) is 28.9 Å². The van der Waals surface area contributed by atoms with Gasteiger partial charge in [0.1, 0.15) is 11.5 Å². The van der Waals surface area contributed by atoms with Crippen molar-refractivity contribution in [1.82, 2.24) is 19.7 Å². The van der Waals surface area contributed by atoms with Crippen LogP contribution in [0.1, 0.15) is 37.7 Å². The van der Waals surface area contributed by atoms with Gasteiger partial charge in [-0.2, -0.15) is 13.2 Å². The van der Waals surface area contributed by atoms with E-state index < -0.39 is 11.6 Å². The van der Waals surface area contributed by atoms with Gasteiger partial charge < -0.3 is 10.6 Å². The van der Waals surface area contributed by atoms with E-state index in [0.29, 0.717) is 34.1 Å². The summed E-state index contributed by atoms with van der Waals surface area (Å²) in [5, 5.41) is 6.94. The number of nitrogens with zero attached hydrogens (tertiary/aromatic N) is 3. The van der Waals surface area contributed by atoms with E-state index in [-0.39, 0.29) is 12.8 Å². The number of hydrogen-bond donors (Lipinski definition) is 2. The molecule has 3 aliphatic rings. The first kappa shape index (κ1) is 19.1. The summed E-state index contributed by atoms with van der Waals surface area (Å²) in [7, 11) is 0. The van der Waals surface area contributed by atoms with Gasteiger partial charge >= 0.3 is 6.18 Å². The summed E-state index contributed by atoms with van der Waals surface area (Å²) in [5.74, 6) is 0.798. The molecule has 1 unspecified atom stereocenters. The Balaban J connectivity index is 1.30. The molecule has 2 N–H and O–H groups in total. The van der Waals surface area contributed by atoms with Crippen LogP contribution in [-0.4, -0.2) is 39.7 Å². The molecular formula is C23H24F3N5. The van der Waals surface area contributed by atoms with Gasteiger partial charge in [0, 0.05) is 25.3 Å². The Kier molecular flexibility index (Phi) is 3.97. The molecule has 1 spiro atoms. The number of hydrogen-bond acceptors (Lipinski definition) is 4. The highest BCUT2D eigenvalue weighted by atomic mass is 19.4. The van der Waals surface area contributed by atoms with Crippen molar-refractivity contribution in [3.05, 3.63) is 48.3 Å². The quantitative estimate of drug-likeness (QED) is 0.642. The molecule has 3 aromatic rings. The maximum atomic E-state index is 13.6. The van der Waals surface area contributed by atoms with Gasteiger partial charge in [-0.15, -0.1) is 0 Å². The normalized spacial score (nSPS) is 23.8. The van der Waals surface area contributed by atoms with Crippen LogP contribution in [0.4, 0.5) is 19.0 Å². The summed E-state index contributed by atoms with van der Waals surface area (Å²) < 4.78 is 42.6. The first-order valence-corrected chi connectivity index (χ1v) is 10.9. The van der Waals surface area contributed by atoms with Crippen molar-refractivity contribution < 1.29 is 13.2 Å². The van der Waals surface area contributed by atoms with Crippen molar-refractivity contribution >= 4 is 11.5 Å². The molecule has 6 rings (SSSR count). The monoisotopic (exact) mass is 427 g/mol. The summed E-state index contributed by atoms with van der Waals surface area (Å²) in [6.07, 6.45) is 2.82. The molecule has 1 atom stereocenters. The van der Waals surface area contributed by atoms with Crippen LogP contribution in [0, 0.1) is 5.41 Å². The number of alkyl halides is 3. The molecule has 2 saturated carbocycles. The summed E-state index contributed by atoms with van der Waals surface area (Å²) in [6, 6.07) is 9.39. The van der Waals surface area contributed by atoms with Gasteiger partial charge in [0.15, 0.2) is 0 Å². The predicted octanol–water partition coefficient (Wildman–Crippen LogP) is 4.54. The van der Waals surface area contributed by atoms with Crippen molar-refractivity contribution in [3.8, 4) is 11.4 Å². The smallest absolute Gasteiger partial charge is 0.367 e. The van der Waals surface area contributed by atoms with E-state index in [9.17, 15) is 13.2 Å². The molecule has 0 bridgehead atoms. The minimum atomic E-state index is -4.24. The van der Waals surface area contributed by atoms with Gasteiger partial charge in [-0.3, -0.25) is 4.40 Å². The van der Waals surface area contributed by atoms with Crippen molar-refractivity contribution in [1.29, 1.82) is 0 Å². The fourth-order valence-corrected chi connectivity index (χ4v) is 5.31. The maximum absolute atomic E-state index is 13.6. The molecular weight excluding hydrogens is 403 g/mol. The van der Waals surface area contributed by atoms with Crippen LogP contribution < -0.4 is 10.6 Å². The highest BCUT2D eigenvalue weighted by molar-refractivity contribution is 5.62. The van der Waals surface area contributed by atoms with Gasteiger partial charge in [-0.25, -0.2) is 9.97 Å². The minimum absolute atomic E-state index is 0.141. The minimum Gasteiger partial charge on any atom is -0.367 e. The molecule has 2 aliphatic carbocycles. The van der Waals surface area contributed by atoms with Crippen molar-refractivity contribution in [2.75, 3.05) is 18.4 Å². The number of anilines is 1. The molecule has 0 radical (unpaired) electrons. The van der Waals surface area contributed by atoms with Gasteiger partial charge in [0.05, 0.1) is 23.0 Å². The third kappa shape index (κ3) is 3.03. The predicted molar refractivity (Wildman–Crippen MR) is 112 cm³/mol. The fraction of sp³-hybridized carbons (Fsp3) is 0.478. The Labute approximate surface area is 178 Å². The number of nitrogens with one attached hydrogen (secondary N) is 2. The van der Waals surface area contributed by atoms with Crippen LogP contribution in [-0.2, 0) is 5.41 Å². The van der Waals surface area contributed by atoms with Crippen molar-refractivity contribution in [2.24, 2.45) is 5.41 Å². The van der Waals surface area contributed by atoms with Crippen LogP contribution in [0.15, 0.2) is 42.7 Å². The van der Waals surface area contributed by atoms with Gasteiger partial charge in [0.25, 0.3) is 0 Å². The van der Waals surface area contributed by atoms with Gasteiger partial charge in [-0.1, -0.05) is 12.1 Å². The van der Waals surface area contributed by atoms with Crippen LogP contribution in [0.5, 0.6) is 0 Å². The standard InChI is InChI=1S/C23H24F3N5/c24-23(25,26)22(8-9-22)15-4-5-20-28-11-18(31(20)12-15)17-2-1-3-19(30-17)29-16-6-7-21(10-16)13-27-14-21/h1-5,11-12,16,27H,6-10,13-14H2,(H,29,30). The first-order valence-electron chi connectivity index (χ1n) is 10.9. The van der Waals surface area contributed by atoms with E-state index in [4.69, 9.17) is 4.98 Å². The summed E-state index contributed by atoms with van der Waals surface area (Å²) in [5.41, 5.74) is 1.05. The summed E-state index contributed by atoms with van der Waals surface area (Å²) in [6.45, 7) is 2.20. The second-order valence-electron chi connectivity index (χ2n) is 9.46. The SMILES string of the molecule is FC(F)(F)C1(c2ccc3ncc(-c4cccc(NC5CCC6(CNC6)C5)n4)n3c2)CC1. The van der Waals surface area contributed by atoms with E-state index in [1.165, 1.54) is 6.42 Å². The van der Waals surface area contributed by atoms with Gasteiger partial charge in [-0.05, 0) is 61.3 Å². The molecule has 0 aromatic carbocycles. The molecule has 1 aliphatic heterocycles. The average Bonchev–Trinajstić information content (AvgIpc) is 3.27. The zero-order valence-electron chi connectivity index (χ0n) is 17.0. The zero-order valence-corrected chi connectivity index (χ0v) is 17.0. The molecule has 0 amide bonds. The molecule has 31 heavy (non-hydrogen) atoms. The second kappa shape index (κ2) is 6.45. The lowest BCUT2D eigenvalue weighted by atomic mass is 9.80. The lowest BCUT2D eigenvalue weighted by molar-refractivity contribution is -0.160. The van der Waals surface area contributed by atoms with Crippen molar-refractivity contribution in [3.63, 3.8) is 0 Å². The number of pyridine rings is 2. The van der Waals surface area contributed by atoms with Crippen LogP contribution in [0.3, 0.4) is 0 Å². The number of aromatic nitrogens is 3. The second-order valence-corrected chi connectivity index (χ2v) is 9.46. The lowest BCUT2D eigenvalue weighted by Gasteiger charge is -2.39. The average molecular weight is 427 g/mol. The maximum Gasteiger partial charge on any atom is 0.398 e. The Morgan fingerprint density at radius 1 is 1.10 bits per heavy atom. The third-order valence-electron chi connectivity index (χ3n) is 7.42. The van der Waals surface area contributed by atoms with E-state index in [1.807, 2.05) is 18.2 Å². The topological polar surface area (TPSA) is 54.2 Å². The van der Waals surface area contributed by atoms with E-state index in [0.717, 1.165) is 31.7 Å². The Morgan fingerprint density at radius 2 is 1.94 bits per heavy atom. The van der Waals surface area contributed by atoms with Crippen LogP contribution in [0.2, 0.25) is 0 Å². The number of rotatable bonds is 4. The molecule has 5 nitrogen and oxygen atoms in total. The molecule has 8 heteroatoms. The molecule has 162 valence electrons. The number of halogens is 3. The van der Waals surface area contributed by atoms with Gasteiger partial charge in [0.2, 0.25) is 0 Å². The van der Waals surface area contributed by atoms with Crippen molar-refractivity contribution in [2.45, 2.75) is 49.7 Å². The molecule has 3 fully saturated rings. The highest BCUT2D eigenvalue weighted by Gasteiger charge is 2.64. The summed E-state index contributed by atoms with van der Waals surface area (Å²) in [4.78, 5) is 9.15. The third-order valence-corrected chi connectivity index (χ3v) is 7.42. The highest BCUT2D eigenvalue weighted by Crippen LogP contribution is 2.58. The zero-order chi connectivity index (χ0) is 21.3. The Morgan fingerprint density at radius 3 is 2.61 bits per heavy atom. The van der Waals surface area contributed by atoms with Crippen LogP contribution in [0.25, 0.3) is 17.0 Å². The van der Waals surface area contributed by atoms with Crippen LogP contribution >= 0.6 is 0 Å². The lowest BCUT2D eigenvalue weighted by Crippen LogP contribution is -2.52. The fourth-order valence-electron chi connectivity index (χ4n) is 5.31. The number of imidazole rings is 1. The summed E-state index contributed by atoms with van der Waals surface area (Å²) >= 11 is 0. The Hall–Kier alpha value is -2.61. The first-order chi connectivity index (χ1) is 14.9. The van der Waals surface area contributed by atoms with E-state index >= 15 is 0 Å². The largest absolute Gasteiger partial charge is 0.398 e. The number of fused-ring (bicyclic) bond motifs is 1. The molecule has 1 saturated heterocycles. The Bertz CT molecular complexity index is 1140. The van der Waals surface area contributed by atoms with E-state index in [2.05, 4.69) is 15.6 Å². The molecule has 3 aromatic heterocycles. The molecule has 4 heterocycles.